The maximum atomic E-state index is 8.54. The number of aliphatic hydroxyl groups excluding tert-OH is 1. The summed E-state index contributed by atoms with van der Waals surface area (Å²) in [6.07, 6.45) is 1.75. The molecule has 13 heavy (non-hydrogen) atoms. The number of unbranched alkanes of at least 4 members (excludes halogenated alkanes) is 1. The highest BCUT2D eigenvalue weighted by Crippen LogP contribution is 2.05. The second kappa shape index (κ2) is 5.37. The third-order valence-electron chi connectivity index (χ3n) is 1.66. The van der Waals surface area contributed by atoms with Crippen LogP contribution in [0.15, 0.2) is 18.2 Å². The van der Waals surface area contributed by atoms with E-state index >= 15 is 0 Å². The van der Waals surface area contributed by atoms with Gasteiger partial charge in [-0.15, -0.1) is 0 Å². The minimum Gasteiger partial charge on any atom is -0.396 e. The monoisotopic (exact) mass is 181 g/mol. The second-order valence-electron chi connectivity index (χ2n) is 2.81. The van der Waals surface area contributed by atoms with E-state index < -0.39 is 0 Å². The van der Waals surface area contributed by atoms with Crippen LogP contribution in [-0.2, 0) is 0 Å². The predicted octanol–water partition coefficient (Wildman–Crippen LogP) is 0.848. The summed E-state index contributed by atoms with van der Waals surface area (Å²) in [6, 6.07) is 5.48. The van der Waals surface area contributed by atoms with E-state index in [1.807, 2.05) is 12.1 Å². The van der Waals surface area contributed by atoms with Gasteiger partial charge in [0.25, 0.3) is 0 Å². The van der Waals surface area contributed by atoms with Gasteiger partial charge in [0, 0.05) is 13.2 Å². The molecule has 0 aliphatic rings. The highest BCUT2D eigenvalue weighted by atomic mass is 16.2. The molecule has 0 radical (unpaired) electrons. The van der Waals surface area contributed by atoms with E-state index in [-0.39, 0.29) is 6.61 Å². The van der Waals surface area contributed by atoms with Crippen molar-refractivity contribution in [2.75, 3.05) is 24.2 Å². The maximum Gasteiger partial charge on any atom is 0.128 e. The van der Waals surface area contributed by atoms with Crippen LogP contribution >= 0.6 is 0 Å². The molecule has 4 nitrogen and oxygen atoms in total. The highest BCUT2D eigenvalue weighted by Gasteiger charge is 1.92. The fourth-order valence-corrected chi connectivity index (χ4v) is 1.00. The first-order valence-corrected chi connectivity index (χ1v) is 4.40. The first-order chi connectivity index (χ1) is 6.33. The lowest BCUT2D eigenvalue weighted by atomic mass is 10.3. The van der Waals surface area contributed by atoms with E-state index in [2.05, 4.69) is 10.3 Å². The number of nitrogens with one attached hydrogen (secondary N) is 1. The van der Waals surface area contributed by atoms with Gasteiger partial charge >= 0.3 is 0 Å². The Labute approximate surface area is 77.8 Å². The van der Waals surface area contributed by atoms with E-state index in [0.29, 0.717) is 5.82 Å². The van der Waals surface area contributed by atoms with Gasteiger partial charge in [0.15, 0.2) is 0 Å². The van der Waals surface area contributed by atoms with Crippen molar-refractivity contribution in [3.05, 3.63) is 18.2 Å². The Hall–Kier alpha value is -1.29. The Balaban J connectivity index is 2.28. The summed E-state index contributed by atoms with van der Waals surface area (Å²) < 4.78 is 0. The van der Waals surface area contributed by atoms with Gasteiger partial charge in [-0.25, -0.2) is 4.98 Å². The lowest BCUT2D eigenvalue weighted by Crippen LogP contribution is -2.04. The SMILES string of the molecule is Nc1cccc(NCCCCO)n1. The first-order valence-electron chi connectivity index (χ1n) is 4.40. The van der Waals surface area contributed by atoms with Gasteiger partial charge in [-0.2, -0.15) is 0 Å². The molecule has 0 unspecified atom stereocenters. The zero-order valence-corrected chi connectivity index (χ0v) is 7.53. The zero-order valence-electron chi connectivity index (χ0n) is 7.53. The zero-order chi connectivity index (χ0) is 9.52. The topological polar surface area (TPSA) is 71.2 Å². The van der Waals surface area contributed by atoms with E-state index in [1.54, 1.807) is 6.07 Å². The average Bonchev–Trinajstić information content (AvgIpc) is 2.13. The molecule has 1 heterocycles. The summed E-state index contributed by atoms with van der Waals surface area (Å²) in [5, 5.41) is 11.7. The van der Waals surface area contributed by atoms with Crippen LogP contribution in [0.5, 0.6) is 0 Å². The van der Waals surface area contributed by atoms with E-state index in [9.17, 15) is 0 Å². The number of nitrogen functional groups attached to an aromatic ring is 1. The lowest BCUT2D eigenvalue weighted by molar-refractivity contribution is 0.286. The first kappa shape index (κ1) is 9.80. The number of nitrogens with zero attached hydrogens (tertiary/aromatic N) is 1. The quantitative estimate of drug-likeness (QED) is 0.589. The van der Waals surface area contributed by atoms with Gasteiger partial charge in [0.1, 0.15) is 11.6 Å². The molecule has 1 rings (SSSR count). The van der Waals surface area contributed by atoms with Gasteiger partial charge in [-0.1, -0.05) is 6.07 Å². The van der Waals surface area contributed by atoms with Crippen molar-refractivity contribution in [3.63, 3.8) is 0 Å². The minimum atomic E-state index is 0.242. The molecule has 0 bridgehead atoms. The summed E-state index contributed by atoms with van der Waals surface area (Å²) in [5.41, 5.74) is 5.50. The molecule has 0 spiro atoms. The summed E-state index contributed by atoms with van der Waals surface area (Å²) in [5.74, 6) is 1.31. The largest absolute Gasteiger partial charge is 0.396 e. The van der Waals surface area contributed by atoms with Crippen molar-refractivity contribution in [1.82, 2.24) is 4.98 Å². The molecule has 4 N–H and O–H groups in total. The Morgan fingerprint density at radius 1 is 1.38 bits per heavy atom. The van der Waals surface area contributed by atoms with Crippen molar-refractivity contribution in [1.29, 1.82) is 0 Å². The third kappa shape index (κ3) is 3.75. The van der Waals surface area contributed by atoms with Gasteiger partial charge in [0.2, 0.25) is 0 Å². The summed E-state index contributed by atoms with van der Waals surface area (Å²) in [6.45, 7) is 1.06. The fraction of sp³-hybridized carbons (Fsp3) is 0.444. The Kier molecular flexibility index (Phi) is 4.05. The molecule has 1 aromatic heterocycles. The van der Waals surface area contributed by atoms with E-state index in [1.165, 1.54) is 0 Å². The van der Waals surface area contributed by atoms with Gasteiger partial charge in [-0.3, -0.25) is 0 Å². The Morgan fingerprint density at radius 3 is 2.92 bits per heavy atom. The van der Waals surface area contributed by atoms with E-state index in [0.717, 1.165) is 25.2 Å². The molecule has 0 aromatic carbocycles. The fourth-order valence-electron chi connectivity index (χ4n) is 1.00. The number of hydrogen-bond donors (Lipinski definition) is 3. The number of nitrogens with two attached hydrogens (primary N) is 1. The Morgan fingerprint density at radius 2 is 2.23 bits per heavy atom. The molecule has 0 fully saturated rings. The molecular formula is C9H15N3O. The molecule has 0 saturated heterocycles. The Bertz CT molecular complexity index is 252. The maximum absolute atomic E-state index is 8.54. The smallest absolute Gasteiger partial charge is 0.128 e. The minimum absolute atomic E-state index is 0.242. The van der Waals surface area contributed by atoms with Crippen LogP contribution < -0.4 is 11.1 Å². The number of aliphatic hydroxyl groups is 1. The van der Waals surface area contributed by atoms with Crippen molar-refractivity contribution >= 4 is 11.6 Å². The predicted molar refractivity (Wildman–Crippen MR) is 53.5 cm³/mol. The van der Waals surface area contributed by atoms with Gasteiger partial charge in [0.05, 0.1) is 0 Å². The number of pyridine rings is 1. The van der Waals surface area contributed by atoms with Crippen LogP contribution in [0.2, 0.25) is 0 Å². The van der Waals surface area contributed by atoms with Gasteiger partial charge in [-0.05, 0) is 25.0 Å². The van der Waals surface area contributed by atoms with Crippen LogP contribution in [0.1, 0.15) is 12.8 Å². The van der Waals surface area contributed by atoms with Crippen molar-refractivity contribution in [2.45, 2.75) is 12.8 Å². The van der Waals surface area contributed by atoms with Gasteiger partial charge < -0.3 is 16.2 Å². The van der Waals surface area contributed by atoms with Crippen molar-refractivity contribution in [2.24, 2.45) is 0 Å². The summed E-state index contributed by atoms with van der Waals surface area (Å²) in [4.78, 5) is 4.07. The molecule has 0 aliphatic carbocycles. The number of rotatable bonds is 5. The third-order valence-corrected chi connectivity index (χ3v) is 1.66. The molecule has 1 aromatic rings. The van der Waals surface area contributed by atoms with Crippen LogP contribution in [0, 0.1) is 0 Å². The molecule has 0 aliphatic heterocycles. The van der Waals surface area contributed by atoms with Crippen LogP contribution in [0.3, 0.4) is 0 Å². The number of aromatic nitrogens is 1. The number of hydrogen-bond acceptors (Lipinski definition) is 4. The summed E-state index contributed by atoms with van der Waals surface area (Å²) in [7, 11) is 0. The average molecular weight is 181 g/mol. The van der Waals surface area contributed by atoms with Crippen LogP contribution in [-0.4, -0.2) is 23.2 Å². The van der Waals surface area contributed by atoms with Crippen LogP contribution in [0.25, 0.3) is 0 Å². The molecule has 0 saturated carbocycles. The summed E-state index contributed by atoms with van der Waals surface area (Å²) >= 11 is 0. The lowest BCUT2D eigenvalue weighted by Gasteiger charge is -2.04. The molecular weight excluding hydrogens is 166 g/mol. The normalized spacial score (nSPS) is 9.92. The molecule has 72 valence electrons. The van der Waals surface area contributed by atoms with E-state index in [4.69, 9.17) is 10.8 Å². The van der Waals surface area contributed by atoms with Crippen molar-refractivity contribution in [3.8, 4) is 0 Å². The molecule has 0 amide bonds. The number of anilines is 2. The molecule has 4 heteroatoms. The molecule has 0 atom stereocenters. The van der Waals surface area contributed by atoms with Crippen molar-refractivity contribution < 1.29 is 5.11 Å². The standard InChI is InChI=1S/C9H15N3O/c10-8-4-3-5-9(12-8)11-6-1-2-7-13/h3-5,13H,1-2,6-7H2,(H3,10,11,12). The van der Waals surface area contributed by atoms with Crippen LogP contribution in [0.4, 0.5) is 11.6 Å². The highest BCUT2D eigenvalue weighted by molar-refractivity contribution is 5.41. The second-order valence-corrected chi connectivity index (χ2v) is 2.81.